The number of anilines is 1. The van der Waals surface area contributed by atoms with Gasteiger partial charge >= 0.3 is 0 Å². The van der Waals surface area contributed by atoms with Gasteiger partial charge in [-0.05, 0) is 30.9 Å². The van der Waals surface area contributed by atoms with Crippen molar-refractivity contribution in [1.82, 2.24) is 19.7 Å². The zero-order valence-corrected chi connectivity index (χ0v) is 13.2. The number of hydrogen-bond acceptors (Lipinski definition) is 5. The van der Waals surface area contributed by atoms with Crippen LogP contribution in [0.1, 0.15) is 12.8 Å². The standard InChI is InChI=1S/C17H19N5O2/c23-16-14-10-19-22(13-4-2-1-3-5-13)15(14)20-17(21-16)18-8-9-24-11-12-6-7-12/h1-5,10,12H,6-9,11H2,(H2,18,20,21,23). The van der Waals surface area contributed by atoms with Gasteiger partial charge in [0.15, 0.2) is 5.65 Å². The van der Waals surface area contributed by atoms with Crippen molar-refractivity contribution in [2.45, 2.75) is 12.8 Å². The zero-order chi connectivity index (χ0) is 16.4. The monoisotopic (exact) mass is 325 g/mol. The minimum Gasteiger partial charge on any atom is -0.379 e. The lowest BCUT2D eigenvalue weighted by Crippen LogP contribution is -2.17. The van der Waals surface area contributed by atoms with E-state index in [0.717, 1.165) is 18.2 Å². The van der Waals surface area contributed by atoms with Gasteiger partial charge in [0.2, 0.25) is 5.95 Å². The van der Waals surface area contributed by atoms with Gasteiger partial charge in [-0.25, -0.2) is 4.68 Å². The van der Waals surface area contributed by atoms with Crippen molar-refractivity contribution in [3.05, 3.63) is 46.9 Å². The third kappa shape index (κ3) is 3.16. The number of aromatic amines is 1. The van der Waals surface area contributed by atoms with Crippen LogP contribution in [0.5, 0.6) is 0 Å². The van der Waals surface area contributed by atoms with E-state index < -0.39 is 0 Å². The van der Waals surface area contributed by atoms with Gasteiger partial charge in [-0.15, -0.1) is 0 Å². The molecule has 124 valence electrons. The van der Waals surface area contributed by atoms with E-state index in [4.69, 9.17) is 4.74 Å². The summed E-state index contributed by atoms with van der Waals surface area (Å²) in [7, 11) is 0. The molecule has 0 bridgehead atoms. The number of aromatic nitrogens is 4. The molecule has 3 aromatic rings. The first kappa shape index (κ1) is 14.9. The van der Waals surface area contributed by atoms with Crippen LogP contribution in [-0.2, 0) is 4.74 Å². The van der Waals surface area contributed by atoms with Gasteiger partial charge < -0.3 is 10.1 Å². The Balaban J connectivity index is 1.52. The van der Waals surface area contributed by atoms with Crippen molar-refractivity contribution in [2.75, 3.05) is 25.1 Å². The molecule has 7 nitrogen and oxygen atoms in total. The van der Waals surface area contributed by atoms with E-state index in [9.17, 15) is 4.79 Å². The van der Waals surface area contributed by atoms with Crippen LogP contribution in [0.3, 0.4) is 0 Å². The Morgan fingerprint density at radius 1 is 1.29 bits per heavy atom. The Morgan fingerprint density at radius 2 is 2.12 bits per heavy atom. The van der Waals surface area contributed by atoms with Gasteiger partial charge in [-0.1, -0.05) is 18.2 Å². The summed E-state index contributed by atoms with van der Waals surface area (Å²) in [6.45, 7) is 2.02. The second kappa shape index (κ2) is 6.45. The summed E-state index contributed by atoms with van der Waals surface area (Å²) in [5, 5.41) is 7.86. The highest BCUT2D eigenvalue weighted by atomic mass is 16.5. The van der Waals surface area contributed by atoms with Crippen LogP contribution < -0.4 is 10.9 Å². The van der Waals surface area contributed by atoms with Crippen LogP contribution >= 0.6 is 0 Å². The number of fused-ring (bicyclic) bond motifs is 1. The number of nitrogens with zero attached hydrogens (tertiary/aromatic N) is 3. The summed E-state index contributed by atoms with van der Waals surface area (Å²) in [5.74, 6) is 1.18. The van der Waals surface area contributed by atoms with Crippen molar-refractivity contribution in [2.24, 2.45) is 5.92 Å². The van der Waals surface area contributed by atoms with Crippen LogP contribution in [0, 0.1) is 5.92 Å². The average Bonchev–Trinajstić information content (AvgIpc) is 3.32. The first-order chi connectivity index (χ1) is 11.8. The second-order valence-corrected chi connectivity index (χ2v) is 5.99. The number of nitrogens with one attached hydrogen (secondary N) is 2. The summed E-state index contributed by atoms with van der Waals surface area (Å²) in [5.41, 5.74) is 1.19. The maximum Gasteiger partial charge on any atom is 0.263 e. The number of H-pyrrole nitrogens is 1. The van der Waals surface area contributed by atoms with E-state index in [1.807, 2.05) is 30.3 Å². The lowest BCUT2D eigenvalue weighted by atomic mass is 10.3. The smallest absolute Gasteiger partial charge is 0.263 e. The topological polar surface area (TPSA) is 84.8 Å². The number of ether oxygens (including phenoxy) is 1. The Labute approximate surface area is 138 Å². The molecule has 1 saturated carbocycles. The molecule has 0 amide bonds. The minimum atomic E-state index is -0.205. The molecule has 1 aliphatic rings. The molecule has 2 N–H and O–H groups in total. The predicted octanol–water partition coefficient (Wildman–Crippen LogP) is 1.95. The summed E-state index contributed by atoms with van der Waals surface area (Å²) in [6.07, 6.45) is 4.10. The van der Waals surface area contributed by atoms with Crippen LogP contribution in [0.25, 0.3) is 16.7 Å². The molecule has 0 radical (unpaired) electrons. The highest BCUT2D eigenvalue weighted by molar-refractivity contribution is 5.76. The number of hydrogen-bond donors (Lipinski definition) is 2. The van der Waals surface area contributed by atoms with E-state index in [0.29, 0.717) is 30.1 Å². The van der Waals surface area contributed by atoms with Crippen molar-refractivity contribution >= 4 is 17.0 Å². The maximum absolute atomic E-state index is 12.2. The Morgan fingerprint density at radius 3 is 2.92 bits per heavy atom. The Bertz CT molecular complexity index is 883. The van der Waals surface area contributed by atoms with Gasteiger partial charge in [0.25, 0.3) is 5.56 Å². The molecule has 4 rings (SSSR count). The first-order valence-electron chi connectivity index (χ1n) is 8.16. The Kier molecular flexibility index (Phi) is 4.00. The van der Waals surface area contributed by atoms with Crippen LogP contribution in [0.4, 0.5) is 5.95 Å². The van der Waals surface area contributed by atoms with Crippen LogP contribution in [0.15, 0.2) is 41.3 Å². The molecule has 0 unspecified atom stereocenters. The highest BCUT2D eigenvalue weighted by Gasteiger charge is 2.20. The molecule has 24 heavy (non-hydrogen) atoms. The fraction of sp³-hybridized carbons (Fsp3) is 0.353. The molecular weight excluding hydrogens is 306 g/mol. The van der Waals surface area contributed by atoms with E-state index >= 15 is 0 Å². The van der Waals surface area contributed by atoms with E-state index in [1.165, 1.54) is 19.0 Å². The molecule has 1 fully saturated rings. The van der Waals surface area contributed by atoms with Crippen molar-refractivity contribution in [3.63, 3.8) is 0 Å². The molecule has 1 aliphatic carbocycles. The van der Waals surface area contributed by atoms with Gasteiger partial charge in [0.05, 0.1) is 18.5 Å². The number of rotatable bonds is 7. The lowest BCUT2D eigenvalue weighted by molar-refractivity contribution is 0.133. The van der Waals surface area contributed by atoms with Gasteiger partial charge in [0, 0.05) is 13.2 Å². The highest BCUT2D eigenvalue weighted by Crippen LogP contribution is 2.28. The van der Waals surface area contributed by atoms with Gasteiger partial charge in [0.1, 0.15) is 5.39 Å². The summed E-state index contributed by atoms with van der Waals surface area (Å²) >= 11 is 0. The Hall–Kier alpha value is -2.67. The molecule has 7 heteroatoms. The molecule has 2 aromatic heterocycles. The van der Waals surface area contributed by atoms with Gasteiger partial charge in [-0.3, -0.25) is 9.78 Å². The lowest BCUT2D eigenvalue weighted by Gasteiger charge is -2.07. The molecule has 0 aliphatic heterocycles. The molecular formula is C17H19N5O2. The van der Waals surface area contributed by atoms with E-state index in [2.05, 4.69) is 20.4 Å². The average molecular weight is 325 g/mol. The van der Waals surface area contributed by atoms with Crippen molar-refractivity contribution in [1.29, 1.82) is 0 Å². The zero-order valence-electron chi connectivity index (χ0n) is 13.2. The third-order valence-corrected chi connectivity index (χ3v) is 4.03. The van der Waals surface area contributed by atoms with Crippen LogP contribution in [0.2, 0.25) is 0 Å². The van der Waals surface area contributed by atoms with Crippen LogP contribution in [-0.4, -0.2) is 39.5 Å². The molecule has 0 atom stereocenters. The van der Waals surface area contributed by atoms with Crippen molar-refractivity contribution < 1.29 is 4.74 Å². The fourth-order valence-electron chi connectivity index (χ4n) is 2.54. The summed E-state index contributed by atoms with van der Waals surface area (Å²) in [4.78, 5) is 19.4. The maximum atomic E-state index is 12.2. The molecule has 0 spiro atoms. The second-order valence-electron chi connectivity index (χ2n) is 5.99. The van der Waals surface area contributed by atoms with Gasteiger partial charge in [-0.2, -0.15) is 10.1 Å². The number of para-hydroxylation sites is 1. The molecule has 2 heterocycles. The number of benzene rings is 1. The minimum absolute atomic E-state index is 0.205. The van der Waals surface area contributed by atoms with E-state index in [1.54, 1.807) is 4.68 Å². The van der Waals surface area contributed by atoms with Crippen molar-refractivity contribution in [3.8, 4) is 5.69 Å². The van der Waals surface area contributed by atoms with E-state index in [-0.39, 0.29) is 5.56 Å². The SMILES string of the molecule is O=c1[nH]c(NCCOCC2CC2)nc2c1cnn2-c1ccccc1. The third-order valence-electron chi connectivity index (χ3n) is 4.03. The molecule has 1 aromatic carbocycles. The predicted molar refractivity (Wildman–Crippen MR) is 91.5 cm³/mol. The molecule has 0 saturated heterocycles. The fourth-order valence-corrected chi connectivity index (χ4v) is 2.54. The first-order valence-corrected chi connectivity index (χ1v) is 8.16. The largest absolute Gasteiger partial charge is 0.379 e. The summed E-state index contributed by atoms with van der Waals surface area (Å²) < 4.78 is 7.24. The normalized spacial score (nSPS) is 14.2. The summed E-state index contributed by atoms with van der Waals surface area (Å²) in [6, 6.07) is 9.63. The quantitative estimate of drug-likeness (QED) is 0.649.